The quantitative estimate of drug-likeness (QED) is 0.859. The standard InChI is InChI=1S/C11H10N4O3S/c1-6-12-3-2-7(14-6)4-13-9(16)10-15-8(5-19-10)11(17)18/h2-3,5H,4H2,1H3,(H,13,16)(H,17,18). The zero-order valence-electron chi connectivity index (χ0n) is 9.95. The first kappa shape index (κ1) is 13.1. The summed E-state index contributed by atoms with van der Waals surface area (Å²) in [6.45, 7) is 2.00. The van der Waals surface area contributed by atoms with Gasteiger partial charge in [0.1, 0.15) is 5.82 Å². The summed E-state index contributed by atoms with van der Waals surface area (Å²) >= 11 is 0.988. The highest BCUT2D eigenvalue weighted by molar-refractivity contribution is 7.11. The van der Waals surface area contributed by atoms with Gasteiger partial charge in [-0.3, -0.25) is 4.79 Å². The molecule has 0 aliphatic carbocycles. The number of nitrogens with zero attached hydrogens (tertiary/aromatic N) is 3. The van der Waals surface area contributed by atoms with Crippen LogP contribution < -0.4 is 5.32 Å². The second-order valence-electron chi connectivity index (χ2n) is 3.62. The number of aromatic nitrogens is 3. The highest BCUT2D eigenvalue weighted by atomic mass is 32.1. The van der Waals surface area contributed by atoms with Crippen LogP contribution in [0.3, 0.4) is 0 Å². The molecule has 0 unspecified atom stereocenters. The smallest absolute Gasteiger partial charge is 0.355 e. The predicted molar refractivity (Wildman–Crippen MR) is 67.0 cm³/mol. The van der Waals surface area contributed by atoms with Crippen LogP contribution >= 0.6 is 11.3 Å². The SMILES string of the molecule is Cc1nccc(CNC(=O)c2nc(C(=O)O)cs2)n1. The Hall–Kier alpha value is -2.35. The molecule has 2 aromatic rings. The molecule has 0 radical (unpaired) electrons. The molecule has 98 valence electrons. The molecule has 0 spiro atoms. The van der Waals surface area contributed by atoms with Crippen molar-refractivity contribution < 1.29 is 14.7 Å². The predicted octanol–water partition coefficient (Wildman–Crippen LogP) is 0.870. The number of aromatic carboxylic acids is 1. The Labute approximate surface area is 112 Å². The van der Waals surface area contributed by atoms with Crippen LogP contribution in [-0.2, 0) is 6.54 Å². The molecule has 7 nitrogen and oxygen atoms in total. The van der Waals surface area contributed by atoms with Gasteiger partial charge in [-0.2, -0.15) is 0 Å². The lowest BCUT2D eigenvalue weighted by Gasteiger charge is -2.02. The summed E-state index contributed by atoms with van der Waals surface area (Å²) in [5.74, 6) is -0.954. The number of thiazole rings is 1. The molecule has 0 fully saturated rings. The molecular formula is C11H10N4O3S. The number of hydrogen-bond acceptors (Lipinski definition) is 6. The number of carbonyl (C=O) groups is 2. The van der Waals surface area contributed by atoms with Crippen LogP contribution in [0.1, 0.15) is 31.8 Å². The first-order valence-electron chi connectivity index (χ1n) is 5.32. The van der Waals surface area contributed by atoms with Crippen LogP contribution in [0.25, 0.3) is 0 Å². The Balaban J connectivity index is 1.99. The minimum absolute atomic E-state index is 0.114. The third-order valence-electron chi connectivity index (χ3n) is 2.18. The molecule has 0 atom stereocenters. The molecule has 19 heavy (non-hydrogen) atoms. The monoisotopic (exact) mass is 278 g/mol. The van der Waals surface area contributed by atoms with E-state index in [2.05, 4.69) is 20.3 Å². The lowest BCUT2D eigenvalue weighted by atomic mass is 10.4. The Morgan fingerprint density at radius 1 is 1.42 bits per heavy atom. The molecular weight excluding hydrogens is 268 g/mol. The number of rotatable bonds is 4. The largest absolute Gasteiger partial charge is 0.476 e. The molecule has 2 N–H and O–H groups in total. The van der Waals surface area contributed by atoms with Gasteiger partial charge in [-0.1, -0.05) is 0 Å². The second kappa shape index (κ2) is 5.53. The minimum Gasteiger partial charge on any atom is -0.476 e. The molecule has 0 bridgehead atoms. The number of carbonyl (C=O) groups excluding carboxylic acids is 1. The Morgan fingerprint density at radius 3 is 2.84 bits per heavy atom. The van der Waals surface area contributed by atoms with E-state index >= 15 is 0 Å². The van der Waals surface area contributed by atoms with E-state index in [0.29, 0.717) is 11.5 Å². The van der Waals surface area contributed by atoms with Crippen LogP contribution in [-0.4, -0.2) is 31.9 Å². The maximum Gasteiger partial charge on any atom is 0.355 e. The zero-order valence-corrected chi connectivity index (χ0v) is 10.8. The first-order chi connectivity index (χ1) is 9.06. The number of hydrogen-bond donors (Lipinski definition) is 2. The van der Waals surface area contributed by atoms with Crippen molar-refractivity contribution in [3.05, 3.63) is 39.9 Å². The van der Waals surface area contributed by atoms with Gasteiger partial charge in [-0.05, 0) is 13.0 Å². The molecule has 2 rings (SSSR count). The fourth-order valence-corrected chi connectivity index (χ4v) is 2.03. The lowest BCUT2D eigenvalue weighted by Crippen LogP contribution is -2.23. The van der Waals surface area contributed by atoms with Crippen LogP contribution in [0.15, 0.2) is 17.6 Å². The van der Waals surface area contributed by atoms with E-state index in [-0.39, 0.29) is 17.2 Å². The minimum atomic E-state index is -1.15. The van der Waals surface area contributed by atoms with Crippen molar-refractivity contribution in [3.8, 4) is 0 Å². The van der Waals surface area contributed by atoms with Crippen LogP contribution in [0.2, 0.25) is 0 Å². The third kappa shape index (κ3) is 3.32. The van der Waals surface area contributed by atoms with Crippen molar-refractivity contribution in [1.82, 2.24) is 20.3 Å². The van der Waals surface area contributed by atoms with Crippen molar-refractivity contribution >= 4 is 23.2 Å². The second-order valence-corrected chi connectivity index (χ2v) is 4.48. The molecule has 0 aromatic carbocycles. The highest BCUT2D eigenvalue weighted by Gasteiger charge is 2.14. The molecule has 0 aliphatic heterocycles. The van der Waals surface area contributed by atoms with E-state index < -0.39 is 11.9 Å². The molecule has 0 saturated carbocycles. The van der Waals surface area contributed by atoms with Gasteiger partial charge in [0.25, 0.3) is 5.91 Å². The molecule has 2 aromatic heterocycles. The number of aryl methyl sites for hydroxylation is 1. The summed E-state index contributed by atoms with van der Waals surface area (Å²) in [5.41, 5.74) is 0.545. The summed E-state index contributed by atoms with van der Waals surface area (Å²) in [6.07, 6.45) is 1.61. The number of amides is 1. The lowest BCUT2D eigenvalue weighted by molar-refractivity contribution is 0.0691. The normalized spacial score (nSPS) is 10.2. The highest BCUT2D eigenvalue weighted by Crippen LogP contribution is 2.09. The summed E-state index contributed by atoms with van der Waals surface area (Å²) in [4.78, 5) is 34.2. The third-order valence-corrected chi connectivity index (χ3v) is 3.02. The van der Waals surface area contributed by atoms with Crippen molar-refractivity contribution in [3.63, 3.8) is 0 Å². The van der Waals surface area contributed by atoms with Gasteiger partial charge >= 0.3 is 5.97 Å². The maximum atomic E-state index is 11.7. The van der Waals surface area contributed by atoms with Crippen LogP contribution in [0.5, 0.6) is 0 Å². The molecule has 0 saturated heterocycles. The number of carboxylic acids is 1. The average Bonchev–Trinajstić information content (AvgIpc) is 2.86. The molecule has 8 heteroatoms. The van der Waals surface area contributed by atoms with Crippen molar-refractivity contribution in [2.75, 3.05) is 0 Å². The van der Waals surface area contributed by atoms with Crippen molar-refractivity contribution in [2.45, 2.75) is 13.5 Å². The van der Waals surface area contributed by atoms with Crippen molar-refractivity contribution in [1.29, 1.82) is 0 Å². The van der Waals surface area contributed by atoms with E-state index in [9.17, 15) is 9.59 Å². The van der Waals surface area contributed by atoms with E-state index in [0.717, 1.165) is 11.3 Å². The topological polar surface area (TPSA) is 105 Å². The number of nitrogens with one attached hydrogen (secondary N) is 1. The molecule has 0 aliphatic rings. The zero-order chi connectivity index (χ0) is 13.8. The molecule has 1 amide bonds. The van der Waals surface area contributed by atoms with Crippen LogP contribution in [0, 0.1) is 6.92 Å². The maximum absolute atomic E-state index is 11.7. The molecule has 2 heterocycles. The van der Waals surface area contributed by atoms with Crippen molar-refractivity contribution in [2.24, 2.45) is 0 Å². The Morgan fingerprint density at radius 2 is 2.21 bits per heavy atom. The van der Waals surface area contributed by atoms with Gasteiger partial charge in [-0.25, -0.2) is 19.7 Å². The summed E-state index contributed by atoms with van der Waals surface area (Å²) < 4.78 is 0. The van der Waals surface area contributed by atoms with E-state index in [1.54, 1.807) is 19.2 Å². The fourth-order valence-electron chi connectivity index (χ4n) is 1.33. The van der Waals surface area contributed by atoms with Gasteiger partial charge in [0.05, 0.1) is 12.2 Å². The Kier molecular flexibility index (Phi) is 3.81. The van der Waals surface area contributed by atoms with Gasteiger partial charge in [0.15, 0.2) is 10.7 Å². The summed E-state index contributed by atoms with van der Waals surface area (Å²) in [7, 11) is 0. The van der Waals surface area contributed by atoms with Gasteiger partial charge < -0.3 is 10.4 Å². The summed E-state index contributed by atoms with van der Waals surface area (Å²) in [5, 5.41) is 12.8. The van der Waals surface area contributed by atoms with Gasteiger partial charge in [-0.15, -0.1) is 11.3 Å². The van der Waals surface area contributed by atoms with Crippen LogP contribution in [0.4, 0.5) is 0 Å². The Bertz CT molecular complexity index is 626. The average molecular weight is 278 g/mol. The van der Waals surface area contributed by atoms with E-state index in [4.69, 9.17) is 5.11 Å². The van der Waals surface area contributed by atoms with Gasteiger partial charge in [0.2, 0.25) is 0 Å². The van der Waals surface area contributed by atoms with Gasteiger partial charge in [0, 0.05) is 11.6 Å². The first-order valence-corrected chi connectivity index (χ1v) is 6.20. The number of carboxylic acid groups (broad SMARTS) is 1. The van der Waals surface area contributed by atoms with E-state index in [1.807, 2.05) is 0 Å². The fraction of sp³-hybridized carbons (Fsp3) is 0.182. The summed E-state index contributed by atoms with van der Waals surface area (Å²) in [6, 6.07) is 1.69. The van der Waals surface area contributed by atoms with E-state index in [1.165, 1.54) is 5.38 Å².